The number of aryl methyl sites for hydroxylation is 1. The molecule has 1 rings (SSSR count). The zero-order chi connectivity index (χ0) is 9.14. The summed E-state index contributed by atoms with van der Waals surface area (Å²) in [6.45, 7) is 0.664. The van der Waals surface area contributed by atoms with Gasteiger partial charge in [0.1, 0.15) is 0 Å². The molecule has 0 aliphatic heterocycles. The van der Waals surface area contributed by atoms with Crippen molar-refractivity contribution in [2.24, 2.45) is 12.8 Å². The van der Waals surface area contributed by atoms with E-state index in [1.807, 2.05) is 31.9 Å². The van der Waals surface area contributed by atoms with Gasteiger partial charge in [0.05, 0.1) is 0 Å². The molecule has 1 heterocycles. The lowest BCUT2D eigenvalue weighted by Gasteiger charge is -2.21. The average molecular weight is 167 g/mol. The molecule has 0 fully saturated rings. The molecule has 2 N–H and O–H groups in total. The van der Waals surface area contributed by atoms with Gasteiger partial charge < -0.3 is 15.2 Å². The molecular weight excluding hydrogens is 150 g/mol. The molecule has 0 radical (unpaired) electrons. The molecule has 0 aliphatic carbocycles. The number of nitrogens with two attached hydrogens (primary N) is 1. The SMILES string of the molecule is CN(C)C(CN)c1ccn(C)c1. The van der Waals surface area contributed by atoms with Crippen molar-refractivity contribution in [3.05, 3.63) is 24.0 Å². The van der Waals surface area contributed by atoms with E-state index in [2.05, 4.69) is 17.2 Å². The molecule has 1 atom stereocenters. The smallest absolute Gasteiger partial charge is 0.0479 e. The van der Waals surface area contributed by atoms with Crippen molar-refractivity contribution in [3.8, 4) is 0 Å². The Balaban J connectivity index is 2.80. The lowest BCUT2D eigenvalue weighted by atomic mass is 10.1. The summed E-state index contributed by atoms with van der Waals surface area (Å²) in [5, 5.41) is 0. The monoisotopic (exact) mass is 167 g/mol. The summed E-state index contributed by atoms with van der Waals surface area (Å²) in [4.78, 5) is 2.13. The minimum absolute atomic E-state index is 0.339. The first-order valence-corrected chi connectivity index (χ1v) is 4.13. The highest BCUT2D eigenvalue weighted by molar-refractivity contribution is 5.15. The Kier molecular flexibility index (Phi) is 2.89. The highest BCUT2D eigenvalue weighted by Gasteiger charge is 2.11. The fourth-order valence-electron chi connectivity index (χ4n) is 1.37. The van der Waals surface area contributed by atoms with Gasteiger partial charge in [0.2, 0.25) is 0 Å². The molecule has 3 nitrogen and oxygen atoms in total. The lowest BCUT2D eigenvalue weighted by Crippen LogP contribution is -2.26. The third kappa shape index (κ3) is 1.87. The van der Waals surface area contributed by atoms with Crippen molar-refractivity contribution in [1.29, 1.82) is 0 Å². The Hall–Kier alpha value is -0.800. The van der Waals surface area contributed by atoms with Gasteiger partial charge in [0.15, 0.2) is 0 Å². The van der Waals surface area contributed by atoms with E-state index in [-0.39, 0.29) is 0 Å². The summed E-state index contributed by atoms with van der Waals surface area (Å²) < 4.78 is 2.04. The van der Waals surface area contributed by atoms with Crippen LogP contribution in [-0.4, -0.2) is 30.1 Å². The maximum absolute atomic E-state index is 5.66. The van der Waals surface area contributed by atoms with Crippen molar-refractivity contribution in [1.82, 2.24) is 9.47 Å². The predicted molar refractivity (Wildman–Crippen MR) is 50.9 cm³/mol. The normalized spacial score (nSPS) is 13.8. The van der Waals surface area contributed by atoms with E-state index in [4.69, 9.17) is 5.73 Å². The first-order valence-electron chi connectivity index (χ1n) is 4.13. The van der Waals surface area contributed by atoms with Crippen LogP contribution in [0, 0.1) is 0 Å². The summed E-state index contributed by atoms with van der Waals surface area (Å²) in [5.41, 5.74) is 6.95. The fraction of sp³-hybridized carbons (Fsp3) is 0.556. The predicted octanol–water partition coefficient (Wildman–Crippen LogP) is 0.586. The number of hydrogen-bond donors (Lipinski definition) is 1. The van der Waals surface area contributed by atoms with E-state index in [9.17, 15) is 0 Å². The number of nitrogens with zero attached hydrogens (tertiary/aromatic N) is 2. The maximum Gasteiger partial charge on any atom is 0.0479 e. The molecular formula is C9H17N3. The molecule has 1 aromatic heterocycles. The van der Waals surface area contributed by atoms with E-state index in [0.29, 0.717) is 12.6 Å². The van der Waals surface area contributed by atoms with Crippen LogP contribution in [0.2, 0.25) is 0 Å². The first kappa shape index (κ1) is 9.29. The first-order chi connectivity index (χ1) is 5.65. The van der Waals surface area contributed by atoms with Crippen LogP contribution >= 0.6 is 0 Å². The van der Waals surface area contributed by atoms with Crippen molar-refractivity contribution in [3.63, 3.8) is 0 Å². The van der Waals surface area contributed by atoms with Gasteiger partial charge in [0.25, 0.3) is 0 Å². The summed E-state index contributed by atoms with van der Waals surface area (Å²) in [6.07, 6.45) is 4.15. The van der Waals surface area contributed by atoms with E-state index in [1.165, 1.54) is 5.56 Å². The molecule has 0 aromatic carbocycles. The fourth-order valence-corrected chi connectivity index (χ4v) is 1.37. The van der Waals surface area contributed by atoms with Gasteiger partial charge in [-0.3, -0.25) is 0 Å². The number of aromatic nitrogens is 1. The van der Waals surface area contributed by atoms with Crippen LogP contribution in [0.3, 0.4) is 0 Å². The molecule has 68 valence electrons. The zero-order valence-electron chi connectivity index (χ0n) is 7.99. The highest BCUT2D eigenvalue weighted by atomic mass is 15.1. The van der Waals surface area contributed by atoms with Crippen LogP contribution in [-0.2, 0) is 7.05 Å². The van der Waals surface area contributed by atoms with Crippen LogP contribution < -0.4 is 5.73 Å². The molecule has 0 saturated heterocycles. The summed E-state index contributed by atoms with van der Waals surface area (Å²) in [7, 11) is 6.11. The van der Waals surface area contributed by atoms with Gasteiger partial charge in [-0.2, -0.15) is 0 Å². The van der Waals surface area contributed by atoms with Crippen LogP contribution in [0.5, 0.6) is 0 Å². The van der Waals surface area contributed by atoms with E-state index in [0.717, 1.165) is 0 Å². The summed E-state index contributed by atoms with van der Waals surface area (Å²) >= 11 is 0. The molecule has 1 unspecified atom stereocenters. The minimum atomic E-state index is 0.339. The van der Waals surface area contributed by atoms with Gasteiger partial charge >= 0.3 is 0 Å². The molecule has 0 bridgehead atoms. The molecule has 12 heavy (non-hydrogen) atoms. The zero-order valence-corrected chi connectivity index (χ0v) is 7.99. The molecule has 3 heteroatoms. The number of rotatable bonds is 3. The molecule has 0 aliphatic rings. The van der Waals surface area contributed by atoms with Crippen LogP contribution in [0.15, 0.2) is 18.5 Å². The summed E-state index contributed by atoms with van der Waals surface area (Å²) in [6, 6.07) is 2.45. The van der Waals surface area contributed by atoms with Gasteiger partial charge in [-0.25, -0.2) is 0 Å². The standard InChI is InChI=1S/C9H17N3/c1-11(2)9(6-10)8-4-5-12(3)7-8/h4-5,7,9H,6,10H2,1-3H3. The topological polar surface area (TPSA) is 34.2 Å². The van der Waals surface area contributed by atoms with Gasteiger partial charge in [-0.05, 0) is 25.7 Å². The number of likely N-dealkylation sites (N-methyl/N-ethyl adjacent to an activating group) is 1. The Morgan fingerprint density at radius 2 is 2.25 bits per heavy atom. The van der Waals surface area contributed by atoms with Crippen molar-refractivity contribution < 1.29 is 0 Å². The Labute approximate surface area is 73.8 Å². The minimum Gasteiger partial charge on any atom is -0.357 e. The molecule has 0 spiro atoms. The summed E-state index contributed by atoms with van der Waals surface area (Å²) in [5.74, 6) is 0. The number of hydrogen-bond acceptors (Lipinski definition) is 2. The quantitative estimate of drug-likeness (QED) is 0.715. The Bertz CT molecular complexity index is 240. The third-order valence-corrected chi connectivity index (χ3v) is 2.09. The molecule has 0 saturated carbocycles. The van der Waals surface area contributed by atoms with Crippen LogP contribution in [0.4, 0.5) is 0 Å². The Morgan fingerprint density at radius 1 is 1.58 bits per heavy atom. The van der Waals surface area contributed by atoms with Gasteiger partial charge in [-0.15, -0.1) is 0 Å². The van der Waals surface area contributed by atoms with E-state index in [1.54, 1.807) is 0 Å². The largest absolute Gasteiger partial charge is 0.357 e. The maximum atomic E-state index is 5.66. The highest BCUT2D eigenvalue weighted by Crippen LogP contribution is 2.16. The van der Waals surface area contributed by atoms with Crippen molar-refractivity contribution in [2.45, 2.75) is 6.04 Å². The second-order valence-electron chi connectivity index (χ2n) is 3.33. The molecule has 1 aromatic rings. The van der Waals surface area contributed by atoms with Crippen molar-refractivity contribution in [2.75, 3.05) is 20.6 Å². The average Bonchev–Trinajstić information content (AvgIpc) is 2.37. The van der Waals surface area contributed by atoms with Crippen LogP contribution in [0.1, 0.15) is 11.6 Å². The Morgan fingerprint density at radius 3 is 2.58 bits per heavy atom. The van der Waals surface area contributed by atoms with Gasteiger partial charge in [-0.1, -0.05) is 0 Å². The van der Waals surface area contributed by atoms with Gasteiger partial charge in [0, 0.05) is 32.0 Å². The second-order valence-corrected chi connectivity index (χ2v) is 3.33. The third-order valence-electron chi connectivity index (χ3n) is 2.09. The second kappa shape index (κ2) is 3.74. The van der Waals surface area contributed by atoms with Crippen LogP contribution in [0.25, 0.3) is 0 Å². The van der Waals surface area contributed by atoms with E-state index < -0.39 is 0 Å². The van der Waals surface area contributed by atoms with E-state index >= 15 is 0 Å². The van der Waals surface area contributed by atoms with Crippen molar-refractivity contribution >= 4 is 0 Å². The lowest BCUT2D eigenvalue weighted by molar-refractivity contribution is 0.306. The molecule has 0 amide bonds.